The van der Waals surface area contributed by atoms with Crippen LogP contribution in [0, 0.1) is 0 Å². The van der Waals surface area contributed by atoms with E-state index in [4.69, 9.17) is 28.3 Å². The molecule has 0 radical (unpaired) electrons. The van der Waals surface area contributed by atoms with Gasteiger partial charge in [0.1, 0.15) is 0 Å². The van der Waals surface area contributed by atoms with E-state index in [1.807, 2.05) is 0 Å². The highest BCUT2D eigenvalue weighted by molar-refractivity contribution is 8.00. The number of carboxylic acids is 1. The second-order valence-corrected chi connectivity index (χ2v) is 8.69. The molecule has 0 bridgehead atoms. The normalized spacial score (nSPS) is 11.4. The van der Waals surface area contributed by atoms with E-state index in [0.29, 0.717) is 15.7 Å². The Hall–Kier alpha value is -1.21. The molecule has 0 aliphatic carbocycles. The molecule has 0 aliphatic rings. The molecule has 0 atom stereocenters. The predicted octanol–water partition coefficient (Wildman–Crippen LogP) is 4.26. The largest absolute Gasteiger partial charge is 0.478 e. The highest BCUT2D eigenvalue weighted by Gasteiger charge is 2.15. The molecule has 1 N–H and O–H groups in total. The van der Waals surface area contributed by atoms with Crippen LogP contribution in [-0.4, -0.2) is 31.0 Å². The molecule has 122 valence electrons. The minimum atomic E-state index is -3.40. The Morgan fingerprint density at radius 1 is 1.09 bits per heavy atom. The first-order valence-electron chi connectivity index (χ1n) is 6.43. The van der Waals surface area contributed by atoms with Gasteiger partial charge in [0, 0.05) is 15.7 Å². The lowest BCUT2D eigenvalue weighted by molar-refractivity contribution is 0.0697. The van der Waals surface area contributed by atoms with E-state index >= 15 is 0 Å². The van der Waals surface area contributed by atoms with Gasteiger partial charge >= 0.3 is 5.97 Å². The fourth-order valence-electron chi connectivity index (χ4n) is 1.79. The molecule has 4 nitrogen and oxygen atoms in total. The number of thioether (sulfide) groups is 1. The molecule has 0 aliphatic heterocycles. The number of carbonyl (C=O) groups is 1. The van der Waals surface area contributed by atoms with E-state index in [1.165, 1.54) is 48.2 Å². The first kappa shape index (κ1) is 18.1. The summed E-state index contributed by atoms with van der Waals surface area (Å²) >= 11 is 12.8. The summed E-state index contributed by atoms with van der Waals surface area (Å²) in [5.41, 5.74) is -0.00257. The van der Waals surface area contributed by atoms with Crippen LogP contribution < -0.4 is 0 Å². The Morgan fingerprint density at radius 2 is 1.74 bits per heavy atom. The van der Waals surface area contributed by atoms with Crippen molar-refractivity contribution >= 4 is 50.8 Å². The second kappa shape index (κ2) is 7.57. The lowest BCUT2D eigenvalue weighted by atomic mass is 10.2. The van der Waals surface area contributed by atoms with Crippen molar-refractivity contribution in [3.05, 3.63) is 58.1 Å². The van der Waals surface area contributed by atoms with Crippen LogP contribution in [0.5, 0.6) is 0 Å². The quantitative estimate of drug-likeness (QED) is 0.746. The molecular weight excluding hydrogens is 379 g/mol. The number of benzene rings is 2. The number of hydrogen-bond acceptors (Lipinski definition) is 4. The Balaban J connectivity index is 2.03. The number of aromatic carboxylic acids is 1. The lowest BCUT2D eigenvalue weighted by Gasteiger charge is -2.06. The van der Waals surface area contributed by atoms with Crippen molar-refractivity contribution in [2.24, 2.45) is 0 Å². The van der Waals surface area contributed by atoms with Gasteiger partial charge in [0.05, 0.1) is 21.2 Å². The van der Waals surface area contributed by atoms with Crippen molar-refractivity contribution in [2.45, 2.75) is 9.79 Å². The van der Waals surface area contributed by atoms with Gasteiger partial charge in [0.15, 0.2) is 9.84 Å². The molecule has 0 saturated heterocycles. The zero-order valence-electron chi connectivity index (χ0n) is 11.7. The van der Waals surface area contributed by atoms with Crippen molar-refractivity contribution in [3.63, 3.8) is 0 Å². The second-order valence-electron chi connectivity index (χ2n) is 4.57. The van der Waals surface area contributed by atoms with E-state index in [9.17, 15) is 13.2 Å². The summed E-state index contributed by atoms with van der Waals surface area (Å²) < 4.78 is 24.4. The molecule has 0 saturated carbocycles. The van der Waals surface area contributed by atoms with Gasteiger partial charge in [-0.3, -0.25) is 0 Å². The van der Waals surface area contributed by atoms with Crippen LogP contribution in [0.25, 0.3) is 0 Å². The summed E-state index contributed by atoms with van der Waals surface area (Å²) in [6.45, 7) is 0. The Bertz CT molecular complexity index is 818. The van der Waals surface area contributed by atoms with Crippen LogP contribution >= 0.6 is 35.0 Å². The van der Waals surface area contributed by atoms with Gasteiger partial charge in [-0.25, -0.2) is 13.2 Å². The van der Waals surface area contributed by atoms with Crippen molar-refractivity contribution in [1.29, 1.82) is 0 Å². The van der Waals surface area contributed by atoms with Crippen molar-refractivity contribution in [1.82, 2.24) is 0 Å². The van der Waals surface area contributed by atoms with Gasteiger partial charge in [0.25, 0.3) is 0 Å². The predicted molar refractivity (Wildman–Crippen MR) is 92.6 cm³/mol. The van der Waals surface area contributed by atoms with Gasteiger partial charge in [-0.15, -0.1) is 11.8 Å². The SMILES string of the molecule is O=C(O)c1cc(SCCS(=O)(=O)c2ccc(Cl)cc2)ccc1Cl. The average molecular weight is 391 g/mol. The summed E-state index contributed by atoms with van der Waals surface area (Å²) in [5.74, 6) is -0.887. The highest BCUT2D eigenvalue weighted by Crippen LogP contribution is 2.25. The van der Waals surface area contributed by atoms with Crippen LogP contribution in [0.3, 0.4) is 0 Å². The van der Waals surface area contributed by atoms with Gasteiger partial charge in [-0.05, 0) is 42.5 Å². The topological polar surface area (TPSA) is 71.4 Å². The monoisotopic (exact) mass is 390 g/mol. The lowest BCUT2D eigenvalue weighted by Crippen LogP contribution is -2.08. The maximum absolute atomic E-state index is 12.2. The average Bonchev–Trinajstić information content (AvgIpc) is 2.49. The number of hydrogen-bond donors (Lipinski definition) is 1. The van der Waals surface area contributed by atoms with Crippen molar-refractivity contribution < 1.29 is 18.3 Å². The highest BCUT2D eigenvalue weighted by atomic mass is 35.5. The summed E-state index contributed by atoms with van der Waals surface area (Å²) in [4.78, 5) is 11.9. The van der Waals surface area contributed by atoms with Crippen LogP contribution in [-0.2, 0) is 9.84 Å². The first-order chi connectivity index (χ1) is 10.8. The molecule has 2 aromatic carbocycles. The first-order valence-corrected chi connectivity index (χ1v) is 9.83. The number of carboxylic acid groups (broad SMARTS) is 1. The molecule has 0 unspecified atom stereocenters. The van der Waals surface area contributed by atoms with Gasteiger partial charge in [0.2, 0.25) is 0 Å². The van der Waals surface area contributed by atoms with E-state index in [-0.39, 0.29) is 21.2 Å². The molecule has 2 rings (SSSR count). The van der Waals surface area contributed by atoms with Crippen LogP contribution in [0.4, 0.5) is 0 Å². The smallest absolute Gasteiger partial charge is 0.337 e. The molecule has 0 amide bonds. The molecule has 0 fully saturated rings. The summed E-state index contributed by atoms with van der Waals surface area (Å²) in [5, 5.41) is 9.64. The van der Waals surface area contributed by atoms with Crippen molar-refractivity contribution in [3.8, 4) is 0 Å². The minimum Gasteiger partial charge on any atom is -0.478 e. The molecule has 2 aromatic rings. The van der Waals surface area contributed by atoms with E-state index < -0.39 is 15.8 Å². The summed E-state index contributed by atoms with van der Waals surface area (Å²) in [6.07, 6.45) is 0. The Kier molecular flexibility index (Phi) is 5.97. The van der Waals surface area contributed by atoms with Gasteiger partial charge < -0.3 is 5.11 Å². The zero-order valence-corrected chi connectivity index (χ0v) is 14.8. The van der Waals surface area contributed by atoms with E-state index in [1.54, 1.807) is 6.07 Å². The Morgan fingerprint density at radius 3 is 2.35 bits per heavy atom. The molecule has 8 heteroatoms. The maximum atomic E-state index is 12.2. The van der Waals surface area contributed by atoms with E-state index in [0.717, 1.165) is 0 Å². The van der Waals surface area contributed by atoms with Crippen molar-refractivity contribution in [2.75, 3.05) is 11.5 Å². The number of sulfone groups is 1. The fourth-order valence-corrected chi connectivity index (χ4v) is 4.71. The summed E-state index contributed by atoms with van der Waals surface area (Å²) in [6, 6.07) is 10.6. The third-order valence-electron chi connectivity index (χ3n) is 2.96. The van der Waals surface area contributed by atoms with Gasteiger partial charge in [-0.2, -0.15) is 0 Å². The third-order valence-corrected chi connectivity index (χ3v) is 6.53. The minimum absolute atomic E-state index is 0.00257. The molecule has 0 aromatic heterocycles. The van der Waals surface area contributed by atoms with Gasteiger partial charge in [-0.1, -0.05) is 23.2 Å². The van der Waals surface area contributed by atoms with E-state index in [2.05, 4.69) is 0 Å². The molecular formula is C15H12Cl2O4S2. The fraction of sp³-hybridized carbons (Fsp3) is 0.133. The maximum Gasteiger partial charge on any atom is 0.337 e. The Labute approximate surface area is 148 Å². The van der Waals surface area contributed by atoms with Crippen LogP contribution in [0.1, 0.15) is 10.4 Å². The standard InChI is InChI=1S/C15H12Cl2O4S2/c16-10-1-4-12(5-2-10)23(20,21)8-7-22-11-3-6-14(17)13(9-11)15(18)19/h1-6,9H,7-8H2,(H,18,19). The third kappa shape index (κ3) is 4.88. The van der Waals surface area contributed by atoms with Crippen LogP contribution in [0.15, 0.2) is 52.3 Å². The molecule has 23 heavy (non-hydrogen) atoms. The summed E-state index contributed by atoms with van der Waals surface area (Å²) in [7, 11) is -3.40. The number of rotatable bonds is 6. The zero-order chi connectivity index (χ0) is 17.0. The van der Waals surface area contributed by atoms with Crippen LogP contribution in [0.2, 0.25) is 10.0 Å². The molecule has 0 spiro atoms. The molecule has 0 heterocycles. The number of halogens is 2.